The van der Waals surface area contributed by atoms with Crippen LogP contribution < -0.4 is 10.6 Å². The van der Waals surface area contributed by atoms with E-state index in [0.717, 1.165) is 25.6 Å². The first-order chi connectivity index (χ1) is 11.3. The van der Waals surface area contributed by atoms with Gasteiger partial charge in [0.2, 0.25) is 5.91 Å². The van der Waals surface area contributed by atoms with Gasteiger partial charge in [-0.1, -0.05) is 27.7 Å². The Morgan fingerprint density at radius 3 is 2.44 bits per heavy atom. The number of carbonyl (C=O) groups is 1. The molecular formula is C18H38IN5O. The van der Waals surface area contributed by atoms with Crippen LogP contribution in [0.1, 0.15) is 40.5 Å². The molecule has 1 heterocycles. The van der Waals surface area contributed by atoms with Gasteiger partial charge in [0.15, 0.2) is 5.96 Å². The third-order valence-electron chi connectivity index (χ3n) is 4.15. The van der Waals surface area contributed by atoms with Crippen molar-refractivity contribution in [2.75, 3.05) is 46.8 Å². The van der Waals surface area contributed by atoms with Gasteiger partial charge in [-0.2, -0.15) is 0 Å². The summed E-state index contributed by atoms with van der Waals surface area (Å²) in [5.41, 5.74) is 0. The maximum absolute atomic E-state index is 11.8. The zero-order valence-electron chi connectivity index (χ0n) is 16.8. The van der Waals surface area contributed by atoms with E-state index < -0.39 is 0 Å². The van der Waals surface area contributed by atoms with Crippen LogP contribution in [0.4, 0.5) is 0 Å². The topological polar surface area (TPSA) is 60.0 Å². The summed E-state index contributed by atoms with van der Waals surface area (Å²) in [4.78, 5) is 20.4. The Bertz CT molecular complexity index is 412. The first kappa shape index (κ1) is 24.4. The molecule has 2 N–H and O–H groups in total. The minimum atomic E-state index is 0. The Morgan fingerprint density at radius 2 is 1.88 bits per heavy atom. The van der Waals surface area contributed by atoms with Crippen molar-refractivity contribution in [2.45, 2.75) is 46.6 Å². The molecule has 0 aromatic carbocycles. The van der Waals surface area contributed by atoms with Gasteiger partial charge >= 0.3 is 0 Å². The van der Waals surface area contributed by atoms with Crippen molar-refractivity contribution in [3.05, 3.63) is 0 Å². The minimum absolute atomic E-state index is 0. The largest absolute Gasteiger partial charge is 0.356 e. The number of aliphatic imine (C=N–C) groups is 1. The van der Waals surface area contributed by atoms with E-state index in [4.69, 9.17) is 0 Å². The average Bonchev–Trinajstić information content (AvgIpc) is 2.92. The normalized spacial score (nSPS) is 18.4. The molecule has 0 aliphatic carbocycles. The predicted molar refractivity (Wildman–Crippen MR) is 117 cm³/mol. The van der Waals surface area contributed by atoms with Crippen molar-refractivity contribution < 1.29 is 4.79 Å². The smallest absolute Gasteiger partial charge is 0.243 e. The number of guanidine groups is 1. The average molecular weight is 467 g/mol. The van der Waals surface area contributed by atoms with Crippen molar-refractivity contribution in [3.8, 4) is 0 Å². The molecule has 1 aliphatic rings. The second-order valence-corrected chi connectivity index (χ2v) is 7.79. The van der Waals surface area contributed by atoms with E-state index >= 15 is 0 Å². The van der Waals surface area contributed by atoms with E-state index in [0.29, 0.717) is 17.9 Å². The second-order valence-electron chi connectivity index (χ2n) is 7.79. The van der Waals surface area contributed by atoms with Crippen molar-refractivity contribution in [3.63, 3.8) is 0 Å². The molecule has 0 bridgehead atoms. The van der Waals surface area contributed by atoms with Crippen LogP contribution in [0, 0.1) is 11.8 Å². The molecule has 0 aromatic heterocycles. The Hall–Kier alpha value is -0.570. The molecule has 6 nitrogen and oxygen atoms in total. The molecule has 0 spiro atoms. The molecule has 0 radical (unpaired) electrons. The lowest BCUT2D eigenvalue weighted by Gasteiger charge is -2.27. The van der Waals surface area contributed by atoms with Gasteiger partial charge in [0.05, 0.1) is 0 Å². The summed E-state index contributed by atoms with van der Waals surface area (Å²) >= 11 is 0. The molecule has 1 amide bonds. The van der Waals surface area contributed by atoms with Crippen LogP contribution in [0.5, 0.6) is 0 Å². The van der Waals surface area contributed by atoms with E-state index in [2.05, 4.69) is 48.2 Å². The third kappa shape index (κ3) is 10.2. The van der Waals surface area contributed by atoms with Gasteiger partial charge in [0.25, 0.3) is 0 Å². The SMILES string of the molecule is CC(C)CNC(=NCC(=O)N(C)C)NC[C@H]1CCCN1CC(C)C.I. The predicted octanol–water partition coefficient (Wildman–Crippen LogP) is 2.00. The zero-order valence-corrected chi connectivity index (χ0v) is 19.2. The number of carbonyl (C=O) groups excluding carboxylic acids is 1. The summed E-state index contributed by atoms with van der Waals surface area (Å²) in [6.45, 7) is 13.1. The number of nitrogens with zero attached hydrogens (tertiary/aromatic N) is 3. The lowest BCUT2D eigenvalue weighted by Crippen LogP contribution is -2.46. The van der Waals surface area contributed by atoms with Crippen LogP contribution in [0.25, 0.3) is 0 Å². The van der Waals surface area contributed by atoms with Crippen LogP contribution in [-0.2, 0) is 4.79 Å². The van der Waals surface area contributed by atoms with Crippen LogP contribution >= 0.6 is 24.0 Å². The highest BCUT2D eigenvalue weighted by Gasteiger charge is 2.24. The number of hydrogen-bond donors (Lipinski definition) is 2. The summed E-state index contributed by atoms with van der Waals surface area (Å²) in [6.07, 6.45) is 2.50. The van der Waals surface area contributed by atoms with Crippen LogP contribution in [0.3, 0.4) is 0 Å². The molecule has 1 saturated heterocycles. The second kappa shape index (κ2) is 12.7. The minimum Gasteiger partial charge on any atom is -0.356 e. The van der Waals surface area contributed by atoms with Gasteiger partial charge < -0.3 is 15.5 Å². The fourth-order valence-corrected chi connectivity index (χ4v) is 2.81. The Balaban J connectivity index is 0.00000576. The fourth-order valence-electron chi connectivity index (χ4n) is 2.81. The van der Waals surface area contributed by atoms with Crippen molar-refractivity contribution >= 4 is 35.8 Å². The Kier molecular flexibility index (Phi) is 12.4. The number of hydrogen-bond acceptors (Lipinski definition) is 3. The lowest BCUT2D eigenvalue weighted by molar-refractivity contribution is -0.127. The number of likely N-dealkylation sites (tertiary alicyclic amines) is 1. The van der Waals surface area contributed by atoms with Crippen LogP contribution in [0.2, 0.25) is 0 Å². The molecule has 1 fully saturated rings. The van der Waals surface area contributed by atoms with Gasteiger partial charge in [-0.05, 0) is 31.2 Å². The molecule has 148 valence electrons. The quantitative estimate of drug-likeness (QED) is 0.326. The van der Waals surface area contributed by atoms with E-state index in [9.17, 15) is 4.79 Å². The standard InChI is InChI=1S/C18H37N5O.HI/c1-14(2)10-19-18(21-12-17(24)22(5)6)20-11-16-8-7-9-23(16)13-15(3)4;/h14-16H,7-13H2,1-6H3,(H2,19,20,21);1H/t16-;/m1./s1. The van der Waals surface area contributed by atoms with Gasteiger partial charge in [-0.3, -0.25) is 9.69 Å². The highest BCUT2D eigenvalue weighted by Crippen LogP contribution is 2.17. The molecule has 1 aliphatic heterocycles. The molecule has 7 heteroatoms. The molecule has 0 saturated carbocycles. The van der Waals surface area contributed by atoms with Crippen molar-refractivity contribution in [1.82, 2.24) is 20.4 Å². The molecule has 1 atom stereocenters. The summed E-state index contributed by atoms with van der Waals surface area (Å²) < 4.78 is 0. The highest BCUT2D eigenvalue weighted by atomic mass is 127. The summed E-state index contributed by atoms with van der Waals surface area (Å²) in [5.74, 6) is 1.99. The number of halogens is 1. The van der Waals surface area contributed by atoms with E-state index in [1.54, 1.807) is 19.0 Å². The Labute approximate surface area is 171 Å². The number of amides is 1. The van der Waals surface area contributed by atoms with Crippen molar-refractivity contribution in [1.29, 1.82) is 0 Å². The first-order valence-corrected chi connectivity index (χ1v) is 9.26. The van der Waals surface area contributed by atoms with Crippen LogP contribution in [-0.4, -0.2) is 74.5 Å². The number of nitrogens with one attached hydrogen (secondary N) is 2. The number of likely N-dealkylation sites (N-methyl/N-ethyl adjacent to an activating group) is 1. The lowest BCUT2D eigenvalue weighted by atomic mass is 10.1. The van der Waals surface area contributed by atoms with E-state index in [1.165, 1.54) is 19.4 Å². The molecule has 25 heavy (non-hydrogen) atoms. The van der Waals surface area contributed by atoms with Gasteiger partial charge in [-0.15, -0.1) is 24.0 Å². The maximum Gasteiger partial charge on any atom is 0.243 e. The summed E-state index contributed by atoms with van der Waals surface area (Å²) in [7, 11) is 3.52. The Morgan fingerprint density at radius 1 is 1.20 bits per heavy atom. The molecular weight excluding hydrogens is 429 g/mol. The van der Waals surface area contributed by atoms with Crippen molar-refractivity contribution in [2.24, 2.45) is 16.8 Å². The third-order valence-corrected chi connectivity index (χ3v) is 4.15. The van der Waals surface area contributed by atoms with Gasteiger partial charge in [0, 0.05) is 39.8 Å². The zero-order chi connectivity index (χ0) is 18.1. The molecule has 0 aromatic rings. The maximum atomic E-state index is 11.8. The fraction of sp³-hybridized carbons (Fsp3) is 0.889. The van der Waals surface area contributed by atoms with E-state index in [-0.39, 0.29) is 36.4 Å². The summed E-state index contributed by atoms with van der Waals surface area (Å²) in [5, 5.41) is 6.78. The number of rotatable bonds is 8. The first-order valence-electron chi connectivity index (χ1n) is 9.26. The van der Waals surface area contributed by atoms with Gasteiger partial charge in [-0.25, -0.2) is 4.99 Å². The van der Waals surface area contributed by atoms with E-state index in [1.807, 2.05) is 0 Å². The summed E-state index contributed by atoms with van der Waals surface area (Å²) in [6, 6.07) is 0.558. The molecule has 1 rings (SSSR count). The van der Waals surface area contributed by atoms with Gasteiger partial charge in [0.1, 0.15) is 6.54 Å². The van der Waals surface area contributed by atoms with Crippen LogP contribution in [0.15, 0.2) is 4.99 Å². The highest BCUT2D eigenvalue weighted by molar-refractivity contribution is 14.0. The monoisotopic (exact) mass is 467 g/mol. The molecule has 0 unspecified atom stereocenters.